The van der Waals surface area contributed by atoms with Crippen LogP contribution in [0, 0.1) is 10.1 Å². The van der Waals surface area contributed by atoms with Gasteiger partial charge >= 0.3 is 0 Å². The van der Waals surface area contributed by atoms with Gasteiger partial charge in [0.15, 0.2) is 5.78 Å². The van der Waals surface area contributed by atoms with Gasteiger partial charge in [-0.25, -0.2) is 0 Å². The molecule has 96 valence electrons. The molecule has 4 nitrogen and oxygen atoms in total. The van der Waals surface area contributed by atoms with Crippen molar-refractivity contribution < 1.29 is 9.72 Å². The van der Waals surface area contributed by atoms with Crippen molar-refractivity contribution in [2.45, 2.75) is 0 Å². The van der Waals surface area contributed by atoms with Gasteiger partial charge in [-0.15, -0.1) is 0 Å². The summed E-state index contributed by atoms with van der Waals surface area (Å²) in [5.74, 6) is -0.384. The van der Waals surface area contributed by atoms with Gasteiger partial charge in [-0.05, 0) is 30.3 Å². The highest BCUT2D eigenvalue weighted by molar-refractivity contribution is 6.35. The number of rotatable bonds is 3. The molecular formula is C13H7Cl2NO3. The zero-order valence-corrected chi connectivity index (χ0v) is 11.0. The predicted octanol–water partition coefficient (Wildman–Crippen LogP) is 4.13. The Kier molecular flexibility index (Phi) is 3.83. The standard InChI is InChI=1S/C13H7Cl2NO3/c14-9-3-1-8(2-4-9)13(17)11-7-10(16(18)19)5-6-12(11)15/h1-7H. The van der Waals surface area contributed by atoms with E-state index in [2.05, 4.69) is 0 Å². The summed E-state index contributed by atoms with van der Waals surface area (Å²) in [5, 5.41) is 11.4. The van der Waals surface area contributed by atoms with Gasteiger partial charge in [0.2, 0.25) is 0 Å². The Morgan fingerprint density at radius 3 is 2.26 bits per heavy atom. The highest BCUT2D eigenvalue weighted by Gasteiger charge is 2.17. The zero-order valence-electron chi connectivity index (χ0n) is 9.47. The molecule has 0 bridgehead atoms. The lowest BCUT2D eigenvalue weighted by atomic mass is 10.0. The van der Waals surface area contributed by atoms with E-state index in [-0.39, 0.29) is 22.1 Å². The highest BCUT2D eigenvalue weighted by Crippen LogP contribution is 2.25. The summed E-state index contributed by atoms with van der Waals surface area (Å²) < 4.78 is 0. The van der Waals surface area contributed by atoms with Crippen LogP contribution in [0.4, 0.5) is 5.69 Å². The Labute approximate surface area is 118 Å². The second-order valence-corrected chi connectivity index (χ2v) is 4.60. The number of hydrogen-bond acceptors (Lipinski definition) is 3. The Balaban J connectivity index is 2.46. The van der Waals surface area contributed by atoms with Gasteiger partial charge in [-0.1, -0.05) is 23.2 Å². The summed E-state index contributed by atoms with van der Waals surface area (Å²) in [6.45, 7) is 0. The van der Waals surface area contributed by atoms with E-state index in [9.17, 15) is 14.9 Å². The van der Waals surface area contributed by atoms with Crippen LogP contribution in [0.15, 0.2) is 42.5 Å². The fraction of sp³-hybridized carbons (Fsp3) is 0. The first-order chi connectivity index (χ1) is 8.99. The van der Waals surface area contributed by atoms with Crippen molar-refractivity contribution in [2.75, 3.05) is 0 Å². The molecule has 2 rings (SSSR count). The normalized spacial score (nSPS) is 10.2. The Hall–Kier alpha value is -1.91. The SMILES string of the molecule is O=C(c1ccc(Cl)cc1)c1cc([N+](=O)[O-])ccc1Cl. The molecule has 0 heterocycles. The first-order valence-corrected chi connectivity index (χ1v) is 5.99. The summed E-state index contributed by atoms with van der Waals surface area (Å²) >= 11 is 11.6. The lowest BCUT2D eigenvalue weighted by Crippen LogP contribution is -2.03. The van der Waals surface area contributed by atoms with Gasteiger partial charge in [-0.2, -0.15) is 0 Å². The maximum Gasteiger partial charge on any atom is 0.270 e. The Morgan fingerprint density at radius 1 is 1.05 bits per heavy atom. The summed E-state index contributed by atoms with van der Waals surface area (Å²) in [7, 11) is 0. The minimum atomic E-state index is -0.574. The number of nitro benzene ring substituents is 1. The Bertz CT molecular complexity index is 653. The molecule has 0 atom stereocenters. The topological polar surface area (TPSA) is 60.2 Å². The van der Waals surface area contributed by atoms with Crippen LogP contribution >= 0.6 is 23.2 Å². The molecule has 0 aliphatic heterocycles. The van der Waals surface area contributed by atoms with Crippen LogP contribution in [-0.2, 0) is 0 Å². The molecule has 0 aromatic heterocycles. The third-order valence-electron chi connectivity index (χ3n) is 2.51. The summed E-state index contributed by atoms with van der Waals surface area (Å²) in [6.07, 6.45) is 0. The molecule has 0 unspecified atom stereocenters. The highest BCUT2D eigenvalue weighted by atomic mass is 35.5. The number of carbonyl (C=O) groups excluding carboxylic acids is 1. The van der Waals surface area contributed by atoms with Crippen LogP contribution in [0.3, 0.4) is 0 Å². The smallest absolute Gasteiger partial charge is 0.270 e. The maximum absolute atomic E-state index is 12.2. The first-order valence-electron chi connectivity index (χ1n) is 5.23. The number of ketones is 1. The number of hydrogen-bond donors (Lipinski definition) is 0. The van der Waals surface area contributed by atoms with Crippen molar-refractivity contribution >= 4 is 34.7 Å². The second-order valence-electron chi connectivity index (χ2n) is 3.76. The number of halogens is 2. The quantitative estimate of drug-likeness (QED) is 0.486. The molecular weight excluding hydrogens is 289 g/mol. The summed E-state index contributed by atoms with van der Waals surface area (Å²) in [6, 6.07) is 9.98. The van der Waals surface area contributed by atoms with Crippen molar-refractivity contribution in [3.05, 3.63) is 73.8 Å². The van der Waals surface area contributed by atoms with Crippen molar-refractivity contribution in [3.63, 3.8) is 0 Å². The zero-order chi connectivity index (χ0) is 14.0. The number of non-ortho nitro benzene ring substituents is 1. The molecule has 0 aliphatic carbocycles. The van der Waals surface area contributed by atoms with Crippen LogP contribution in [0.5, 0.6) is 0 Å². The fourth-order valence-corrected chi connectivity index (χ4v) is 1.89. The van der Waals surface area contributed by atoms with Gasteiger partial charge in [-0.3, -0.25) is 14.9 Å². The van der Waals surface area contributed by atoms with Gasteiger partial charge in [0.1, 0.15) is 0 Å². The van der Waals surface area contributed by atoms with Crippen LogP contribution in [0.25, 0.3) is 0 Å². The minimum absolute atomic E-state index is 0.0955. The largest absolute Gasteiger partial charge is 0.289 e. The van der Waals surface area contributed by atoms with Crippen LogP contribution in [0.2, 0.25) is 10.0 Å². The molecule has 0 N–H and O–H groups in total. The average molecular weight is 296 g/mol. The molecule has 2 aromatic rings. The third-order valence-corrected chi connectivity index (χ3v) is 3.09. The minimum Gasteiger partial charge on any atom is -0.289 e. The Morgan fingerprint density at radius 2 is 1.68 bits per heavy atom. The molecule has 0 saturated carbocycles. The van der Waals surface area contributed by atoms with E-state index in [1.54, 1.807) is 24.3 Å². The molecule has 6 heteroatoms. The van der Waals surface area contributed by atoms with E-state index in [0.29, 0.717) is 10.6 Å². The van der Waals surface area contributed by atoms with Crippen LogP contribution < -0.4 is 0 Å². The van der Waals surface area contributed by atoms with E-state index in [1.165, 1.54) is 18.2 Å². The molecule has 2 aromatic carbocycles. The fourth-order valence-electron chi connectivity index (χ4n) is 1.56. The van der Waals surface area contributed by atoms with E-state index in [1.807, 2.05) is 0 Å². The second kappa shape index (κ2) is 5.38. The predicted molar refractivity (Wildman–Crippen MR) is 73.0 cm³/mol. The van der Waals surface area contributed by atoms with Crippen molar-refractivity contribution in [2.24, 2.45) is 0 Å². The molecule has 0 saturated heterocycles. The van der Waals surface area contributed by atoms with Crippen molar-refractivity contribution in [1.82, 2.24) is 0 Å². The van der Waals surface area contributed by atoms with E-state index in [4.69, 9.17) is 23.2 Å². The number of nitro groups is 1. The van der Waals surface area contributed by atoms with Gasteiger partial charge in [0, 0.05) is 28.3 Å². The number of nitrogens with zero attached hydrogens (tertiary/aromatic N) is 1. The van der Waals surface area contributed by atoms with Gasteiger partial charge < -0.3 is 0 Å². The average Bonchev–Trinajstić information content (AvgIpc) is 2.39. The monoisotopic (exact) mass is 295 g/mol. The summed E-state index contributed by atoms with van der Waals surface area (Å²) in [4.78, 5) is 22.3. The van der Waals surface area contributed by atoms with E-state index in [0.717, 1.165) is 0 Å². The molecule has 0 amide bonds. The number of benzene rings is 2. The molecule has 19 heavy (non-hydrogen) atoms. The molecule has 0 spiro atoms. The summed E-state index contributed by atoms with van der Waals surface area (Å²) in [5.41, 5.74) is 0.284. The lowest BCUT2D eigenvalue weighted by molar-refractivity contribution is -0.384. The van der Waals surface area contributed by atoms with Crippen molar-refractivity contribution in [3.8, 4) is 0 Å². The molecule has 0 fully saturated rings. The van der Waals surface area contributed by atoms with E-state index < -0.39 is 4.92 Å². The number of carbonyl (C=O) groups is 1. The van der Waals surface area contributed by atoms with Crippen LogP contribution in [-0.4, -0.2) is 10.7 Å². The van der Waals surface area contributed by atoms with Gasteiger partial charge in [0.05, 0.1) is 9.95 Å². The third kappa shape index (κ3) is 2.92. The van der Waals surface area contributed by atoms with Crippen molar-refractivity contribution in [1.29, 1.82) is 0 Å². The lowest BCUT2D eigenvalue weighted by Gasteiger charge is -2.04. The molecule has 0 radical (unpaired) electrons. The van der Waals surface area contributed by atoms with Crippen LogP contribution in [0.1, 0.15) is 15.9 Å². The first kappa shape index (κ1) is 13.5. The maximum atomic E-state index is 12.2. The molecule has 0 aliphatic rings. The van der Waals surface area contributed by atoms with Gasteiger partial charge in [0.25, 0.3) is 5.69 Å². The van der Waals surface area contributed by atoms with E-state index >= 15 is 0 Å².